The van der Waals surface area contributed by atoms with Gasteiger partial charge in [-0.05, 0) is 0 Å². The van der Waals surface area contributed by atoms with Gasteiger partial charge in [-0.25, -0.2) is 4.79 Å². The number of rotatable bonds is 3. The molecule has 1 heterocycles. The Morgan fingerprint density at radius 2 is 1.60 bits per heavy atom. The molecule has 0 aliphatic carbocycles. The van der Waals surface area contributed by atoms with E-state index < -0.39 is 47.3 Å². The van der Waals surface area contributed by atoms with Gasteiger partial charge in [0.25, 0.3) is 0 Å². The number of halogens is 1. The quantitative estimate of drug-likeness (QED) is 0.410. The normalized spacial score (nSPS) is 33.1. The second-order valence-corrected chi connectivity index (χ2v) is 4.97. The third-order valence-corrected chi connectivity index (χ3v) is 3.30. The van der Waals surface area contributed by atoms with Gasteiger partial charge in [-0.1, -0.05) is 15.9 Å². The number of carbonyl (C=O) groups excluding carboxylic acids is 3. The molecular weight excluding hydrogens is 340 g/mol. The van der Waals surface area contributed by atoms with Crippen LogP contribution in [0.25, 0.3) is 0 Å². The monoisotopic (exact) mass is 354 g/mol. The number of aliphatic hydroxyl groups excluding tert-OH is 1. The molecule has 2 unspecified atom stereocenters. The smallest absolute Gasteiger partial charge is 0.339 e. The van der Waals surface area contributed by atoms with Crippen LogP contribution < -0.4 is 0 Å². The average Bonchev–Trinajstić information content (AvgIpc) is 2.36. The summed E-state index contributed by atoms with van der Waals surface area (Å²) in [6.45, 7) is 2.25. The van der Waals surface area contributed by atoms with Crippen LogP contribution in [0.2, 0.25) is 0 Å². The fraction of sp³-hybridized carbons (Fsp3) is 0.727. The zero-order valence-electron chi connectivity index (χ0n) is 11.1. The third kappa shape index (κ3) is 3.90. The predicted molar refractivity (Wildman–Crippen MR) is 66.7 cm³/mol. The molecular formula is C11H15BrO8. The molecule has 1 rings (SSSR count). The number of carbonyl (C=O) groups is 3. The van der Waals surface area contributed by atoms with Gasteiger partial charge in [0, 0.05) is 13.8 Å². The molecule has 20 heavy (non-hydrogen) atoms. The Labute approximate surface area is 123 Å². The van der Waals surface area contributed by atoms with Crippen LogP contribution in [0, 0.1) is 0 Å². The summed E-state index contributed by atoms with van der Waals surface area (Å²) in [5, 5.41) is 8.97. The first-order valence-electron chi connectivity index (χ1n) is 5.67. The van der Waals surface area contributed by atoms with Crippen molar-refractivity contribution in [3.05, 3.63) is 0 Å². The molecule has 0 radical (unpaired) electrons. The van der Waals surface area contributed by atoms with E-state index in [1.165, 1.54) is 0 Å². The van der Waals surface area contributed by atoms with E-state index >= 15 is 0 Å². The van der Waals surface area contributed by atoms with E-state index in [9.17, 15) is 19.5 Å². The van der Waals surface area contributed by atoms with Crippen LogP contribution >= 0.6 is 15.9 Å². The molecule has 0 aromatic heterocycles. The summed E-state index contributed by atoms with van der Waals surface area (Å²) < 4.78 is 19.6. The minimum absolute atomic E-state index is 0.698. The van der Waals surface area contributed by atoms with Crippen molar-refractivity contribution < 1.29 is 38.4 Å². The molecule has 8 nitrogen and oxygen atoms in total. The van der Waals surface area contributed by atoms with Gasteiger partial charge in [0.1, 0.15) is 11.1 Å². The Kier molecular flexibility index (Phi) is 5.90. The van der Waals surface area contributed by atoms with Crippen LogP contribution in [0.4, 0.5) is 0 Å². The van der Waals surface area contributed by atoms with E-state index in [-0.39, 0.29) is 0 Å². The van der Waals surface area contributed by atoms with E-state index in [0.717, 1.165) is 21.0 Å². The van der Waals surface area contributed by atoms with Gasteiger partial charge in [-0.3, -0.25) is 9.59 Å². The molecule has 0 aromatic rings. The number of methoxy groups -OCH3 is 1. The van der Waals surface area contributed by atoms with Crippen LogP contribution in [0.3, 0.4) is 0 Å². The summed E-state index contributed by atoms with van der Waals surface area (Å²) in [4.78, 5) is 33.9. The lowest BCUT2D eigenvalue weighted by Crippen LogP contribution is -2.60. The molecule has 0 spiro atoms. The van der Waals surface area contributed by atoms with E-state index in [1.807, 2.05) is 0 Å². The highest BCUT2D eigenvalue weighted by atomic mass is 79.9. The largest absolute Gasteiger partial charge is 0.467 e. The Hall–Kier alpha value is -1.19. The van der Waals surface area contributed by atoms with Gasteiger partial charge in [0.05, 0.1) is 7.11 Å². The van der Waals surface area contributed by atoms with Gasteiger partial charge >= 0.3 is 17.9 Å². The average molecular weight is 355 g/mol. The Bertz CT molecular complexity index is 398. The maximum Gasteiger partial charge on any atom is 0.339 e. The summed E-state index contributed by atoms with van der Waals surface area (Å²) in [6.07, 6.45) is -5.18. The Balaban J connectivity index is 3.07. The number of ether oxygens (including phenoxy) is 4. The highest BCUT2D eigenvalue weighted by Crippen LogP contribution is 2.29. The molecule has 1 saturated heterocycles. The molecule has 0 saturated carbocycles. The zero-order valence-corrected chi connectivity index (χ0v) is 12.7. The zero-order chi connectivity index (χ0) is 15.4. The fourth-order valence-electron chi connectivity index (χ4n) is 1.77. The van der Waals surface area contributed by atoms with Crippen LogP contribution in [-0.4, -0.2) is 59.6 Å². The molecule has 1 aliphatic rings. The van der Waals surface area contributed by atoms with Gasteiger partial charge in [0.15, 0.2) is 18.3 Å². The van der Waals surface area contributed by atoms with Gasteiger partial charge in [-0.15, -0.1) is 0 Å². The van der Waals surface area contributed by atoms with Gasteiger partial charge < -0.3 is 24.1 Å². The summed E-state index contributed by atoms with van der Waals surface area (Å²) in [7, 11) is 1.13. The van der Waals surface area contributed by atoms with Crippen LogP contribution in [0.15, 0.2) is 0 Å². The fourth-order valence-corrected chi connectivity index (χ4v) is 2.30. The Morgan fingerprint density at radius 3 is 2.05 bits per heavy atom. The van der Waals surface area contributed by atoms with E-state index in [4.69, 9.17) is 14.2 Å². The molecule has 1 aliphatic heterocycles. The lowest BCUT2D eigenvalue weighted by atomic mass is 9.99. The van der Waals surface area contributed by atoms with Crippen molar-refractivity contribution in [1.29, 1.82) is 0 Å². The third-order valence-electron chi connectivity index (χ3n) is 2.54. The Morgan fingerprint density at radius 1 is 1.10 bits per heavy atom. The van der Waals surface area contributed by atoms with Crippen LogP contribution in [0.5, 0.6) is 0 Å². The molecule has 0 amide bonds. The highest BCUT2D eigenvalue weighted by Gasteiger charge is 2.51. The minimum atomic E-state index is -1.32. The topological polar surface area (TPSA) is 108 Å². The van der Waals surface area contributed by atoms with Crippen molar-refractivity contribution >= 4 is 33.8 Å². The first-order chi connectivity index (χ1) is 9.27. The molecule has 9 heteroatoms. The van der Waals surface area contributed by atoms with Gasteiger partial charge in [-0.2, -0.15) is 0 Å². The number of hydrogen-bond donors (Lipinski definition) is 1. The maximum absolute atomic E-state index is 11.7. The lowest BCUT2D eigenvalue weighted by molar-refractivity contribution is -0.228. The molecule has 1 N–H and O–H groups in total. The van der Waals surface area contributed by atoms with E-state index in [1.54, 1.807) is 0 Å². The first-order valence-corrected chi connectivity index (χ1v) is 6.59. The van der Waals surface area contributed by atoms with Crippen LogP contribution in [0.1, 0.15) is 13.8 Å². The summed E-state index contributed by atoms with van der Waals surface area (Å²) in [5.74, 6) is -2.23. The van der Waals surface area contributed by atoms with Crippen molar-refractivity contribution in [2.45, 2.75) is 43.3 Å². The van der Waals surface area contributed by atoms with E-state index in [2.05, 4.69) is 20.7 Å². The van der Waals surface area contributed by atoms with Crippen molar-refractivity contribution in [1.82, 2.24) is 0 Å². The SMILES string of the molecule is COC(=O)C1OC(Br)[C@H](O)[C@@H](OC(C)=O)[C@@H]1OC(C)=O. The number of alkyl halides is 1. The standard InChI is InChI=1S/C11H15BrO8/c1-4(13)18-7-6(15)10(12)20-9(11(16)17-3)8(7)19-5(2)14/h6-10,15H,1-3H3/t6-,7-,8+,9?,10?/m1/s1. The first kappa shape index (κ1) is 16.9. The second kappa shape index (κ2) is 7.00. The molecule has 0 bridgehead atoms. The minimum Gasteiger partial charge on any atom is -0.467 e. The molecule has 1 fully saturated rings. The number of hydrogen-bond acceptors (Lipinski definition) is 8. The summed E-state index contributed by atoms with van der Waals surface area (Å²) in [5.41, 5.74) is 0. The molecule has 0 aromatic carbocycles. The van der Waals surface area contributed by atoms with Gasteiger partial charge in [0.2, 0.25) is 0 Å². The van der Waals surface area contributed by atoms with Crippen molar-refractivity contribution in [3.8, 4) is 0 Å². The van der Waals surface area contributed by atoms with Crippen molar-refractivity contribution in [3.63, 3.8) is 0 Å². The number of aliphatic hydroxyl groups is 1. The molecule has 114 valence electrons. The lowest BCUT2D eigenvalue weighted by Gasteiger charge is -2.40. The maximum atomic E-state index is 11.7. The summed E-state index contributed by atoms with van der Waals surface area (Å²) >= 11 is 3.00. The predicted octanol–water partition coefficient (Wildman–Crippen LogP) is -0.497. The molecule has 5 atom stereocenters. The van der Waals surface area contributed by atoms with Crippen LogP contribution in [-0.2, 0) is 33.3 Å². The second-order valence-electron chi connectivity index (χ2n) is 4.07. The number of esters is 3. The van der Waals surface area contributed by atoms with Crippen molar-refractivity contribution in [2.75, 3.05) is 7.11 Å². The summed E-state index contributed by atoms with van der Waals surface area (Å²) in [6, 6.07) is 0. The van der Waals surface area contributed by atoms with E-state index in [0.29, 0.717) is 0 Å². The highest BCUT2D eigenvalue weighted by molar-refractivity contribution is 9.09. The van der Waals surface area contributed by atoms with Crippen molar-refractivity contribution in [2.24, 2.45) is 0 Å².